The molecule has 172 valence electrons. The number of nitrogens with zero attached hydrogens (tertiary/aromatic N) is 4. The summed E-state index contributed by atoms with van der Waals surface area (Å²) in [5.41, 5.74) is 3.57. The number of ketones is 1. The highest BCUT2D eigenvalue weighted by molar-refractivity contribution is 5.94. The number of piperazine rings is 1. The van der Waals surface area contributed by atoms with Crippen LogP contribution in [0.4, 0.5) is 10.1 Å². The molecule has 2 heterocycles. The third-order valence-electron chi connectivity index (χ3n) is 6.20. The molecular formula is C27H25FN4O2. The second-order valence-corrected chi connectivity index (χ2v) is 8.39. The Balaban J connectivity index is 1.38. The van der Waals surface area contributed by atoms with Crippen LogP contribution < -0.4 is 4.90 Å². The van der Waals surface area contributed by atoms with Gasteiger partial charge in [-0.15, -0.1) is 10.2 Å². The van der Waals surface area contributed by atoms with Crippen LogP contribution in [0, 0.1) is 5.82 Å². The van der Waals surface area contributed by atoms with Crippen LogP contribution in [0.15, 0.2) is 83.3 Å². The molecule has 0 N–H and O–H groups in total. The summed E-state index contributed by atoms with van der Waals surface area (Å²) in [6.45, 7) is 4.71. The number of carbonyl (C=O) groups excluding carboxylic acids is 1. The lowest BCUT2D eigenvalue weighted by Gasteiger charge is -2.39. The van der Waals surface area contributed by atoms with Crippen LogP contribution in [0.2, 0.25) is 0 Å². The molecule has 3 aromatic carbocycles. The molecule has 0 spiro atoms. The normalized spacial score (nSPS) is 15.3. The Morgan fingerprint density at radius 3 is 2.21 bits per heavy atom. The van der Waals surface area contributed by atoms with E-state index in [9.17, 15) is 9.18 Å². The third kappa shape index (κ3) is 4.61. The van der Waals surface area contributed by atoms with Gasteiger partial charge in [0.15, 0.2) is 5.78 Å². The number of anilines is 1. The number of aromatic nitrogens is 2. The van der Waals surface area contributed by atoms with Gasteiger partial charge in [-0.1, -0.05) is 30.3 Å². The molecule has 34 heavy (non-hydrogen) atoms. The predicted octanol–water partition coefficient (Wildman–Crippen LogP) is 4.99. The Hall–Kier alpha value is -3.84. The van der Waals surface area contributed by atoms with Crippen molar-refractivity contribution in [2.24, 2.45) is 0 Å². The highest BCUT2D eigenvalue weighted by Gasteiger charge is 2.31. The van der Waals surface area contributed by atoms with Gasteiger partial charge in [0.2, 0.25) is 11.8 Å². The van der Waals surface area contributed by atoms with E-state index >= 15 is 0 Å². The third-order valence-corrected chi connectivity index (χ3v) is 6.20. The van der Waals surface area contributed by atoms with Crippen LogP contribution in [0.5, 0.6) is 0 Å². The molecule has 1 saturated heterocycles. The second-order valence-electron chi connectivity index (χ2n) is 8.39. The first-order valence-corrected chi connectivity index (χ1v) is 11.3. The maximum atomic E-state index is 13.6. The van der Waals surface area contributed by atoms with Gasteiger partial charge < -0.3 is 9.32 Å². The van der Waals surface area contributed by atoms with E-state index in [0.717, 1.165) is 43.0 Å². The average molecular weight is 457 g/mol. The average Bonchev–Trinajstić information content (AvgIpc) is 3.36. The number of rotatable bonds is 6. The summed E-state index contributed by atoms with van der Waals surface area (Å²) < 4.78 is 19.8. The summed E-state index contributed by atoms with van der Waals surface area (Å²) in [6.07, 6.45) is 0. The molecule has 1 unspecified atom stereocenters. The fraction of sp³-hybridized carbons (Fsp3) is 0.222. The zero-order valence-electron chi connectivity index (χ0n) is 18.9. The standard InChI is InChI=1S/C27H25FN4O2/c1-19(33)20-9-13-24(14-10-20)31-15-17-32(18-16-31)25(21-7-11-23(28)12-8-21)27-30-29-26(34-27)22-5-3-2-4-6-22/h2-14,25H,15-18H2,1H3. The van der Waals surface area contributed by atoms with E-state index in [4.69, 9.17) is 4.42 Å². The lowest BCUT2D eigenvalue weighted by molar-refractivity contribution is 0.101. The van der Waals surface area contributed by atoms with E-state index in [1.165, 1.54) is 12.1 Å². The molecule has 1 atom stereocenters. The van der Waals surface area contributed by atoms with Crippen molar-refractivity contribution in [1.29, 1.82) is 0 Å². The van der Waals surface area contributed by atoms with E-state index in [2.05, 4.69) is 20.0 Å². The largest absolute Gasteiger partial charge is 0.419 e. The Bertz CT molecular complexity index is 1250. The molecule has 1 fully saturated rings. The first-order chi connectivity index (χ1) is 16.6. The Morgan fingerprint density at radius 2 is 1.56 bits per heavy atom. The molecular weight excluding hydrogens is 431 g/mol. The first-order valence-electron chi connectivity index (χ1n) is 11.3. The fourth-order valence-corrected chi connectivity index (χ4v) is 4.34. The molecule has 0 saturated carbocycles. The molecule has 0 bridgehead atoms. The van der Waals surface area contributed by atoms with Crippen molar-refractivity contribution in [3.63, 3.8) is 0 Å². The first kappa shape index (κ1) is 22.0. The van der Waals surface area contributed by atoms with Crippen molar-refractivity contribution in [2.45, 2.75) is 13.0 Å². The van der Waals surface area contributed by atoms with Crippen LogP contribution >= 0.6 is 0 Å². The van der Waals surface area contributed by atoms with Crippen molar-refractivity contribution in [3.8, 4) is 11.5 Å². The van der Waals surface area contributed by atoms with Gasteiger partial charge in [-0.3, -0.25) is 9.69 Å². The molecule has 0 aliphatic carbocycles. The van der Waals surface area contributed by atoms with E-state index in [0.29, 0.717) is 17.3 Å². The van der Waals surface area contributed by atoms with Gasteiger partial charge in [-0.2, -0.15) is 0 Å². The highest BCUT2D eigenvalue weighted by Crippen LogP contribution is 2.31. The minimum Gasteiger partial charge on any atom is -0.419 e. The number of carbonyl (C=O) groups is 1. The fourth-order valence-electron chi connectivity index (χ4n) is 4.34. The molecule has 1 aromatic heterocycles. The van der Waals surface area contributed by atoms with E-state index in [-0.39, 0.29) is 17.6 Å². The topological polar surface area (TPSA) is 62.5 Å². The van der Waals surface area contributed by atoms with Crippen LogP contribution in [0.25, 0.3) is 11.5 Å². The quantitative estimate of drug-likeness (QED) is 0.381. The molecule has 1 aliphatic rings. The zero-order chi connectivity index (χ0) is 23.5. The van der Waals surface area contributed by atoms with E-state index < -0.39 is 0 Å². The van der Waals surface area contributed by atoms with Crippen LogP contribution in [-0.4, -0.2) is 47.1 Å². The lowest BCUT2D eigenvalue weighted by Crippen LogP contribution is -2.48. The predicted molar refractivity (Wildman–Crippen MR) is 128 cm³/mol. The molecule has 6 nitrogen and oxygen atoms in total. The molecule has 4 aromatic rings. The number of hydrogen-bond acceptors (Lipinski definition) is 6. The van der Waals surface area contributed by atoms with Crippen molar-refractivity contribution >= 4 is 11.5 Å². The van der Waals surface area contributed by atoms with Crippen LogP contribution in [-0.2, 0) is 0 Å². The smallest absolute Gasteiger partial charge is 0.247 e. The van der Waals surface area contributed by atoms with Gasteiger partial charge in [-0.25, -0.2) is 4.39 Å². The summed E-state index contributed by atoms with van der Waals surface area (Å²) >= 11 is 0. The number of halogens is 1. The molecule has 1 aliphatic heterocycles. The van der Waals surface area contributed by atoms with Crippen LogP contribution in [0.1, 0.15) is 34.8 Å². The van der Waals surface area contributed by atoms with Gasteiger partial charge in [0.25, 0.3) is 0 Å². The monoisotopic (exact) mass is 456 g/mol. The molecule has 7 heteroatoms. The van der Waals surface area contributed by atoms with Gasteiger partial charge in [0, 0.05) is 43.0 Å². The van der Waals surface area contributed by atoms with Gasteiger partial charge in [0.05, 0.1) is 0 Å². The Kier molecular flexibility index (Phi) is 6.18. The van der Waals surface area contributed by atoms with E-state index in [1.54, 1.807) is 19.1 Å². The Morgan fingerprint density at radius 1 is 0.882 bits per heavy atom. The van der Waals surface area contributed by atoms with Crippen LogP contribution in [0.3, 0.4) is 0 Å². The zero-order valence-corrected chi connectivity index (χ0v) is 18.9. The number of benzene rings is 3. The summed E-state index contributed by atoms with van der Waals surface area (Å²) in [7, 11) is 0. The van der Waals surface area contributed by atoms with Crippen molar-refractivity contribution < 1.29 is 13.6 Å². The summed E-state index contributed by atoms with van der Waals surface area (Å²) in [6, 6.07) is 23.6. The number of Topliss-reactive ketones (excluding diaryl/α,β-unsaturated/α-hetero) is 1. The minimum absolute atomic E-state index is 0.0629. The summed E-state index contributed by atoms with van der Waals surface area (Å²) in [5.74, 6) is 0.737. The lowest BCUT2D eigenvalue weighted by atomic mass is 10.0. The highest BCUT2D eigenvalue weighted by atomic mass is 19.1. The summed E-state index contributed by atoms with van der Waals surface area (Å²) in [4.78, 5) is 16.2. The molecule has 0 amide bonds. The molecule has 5 rings (SSSR count). The number of hydrogen-bond donors (Lipinski definition) is 0. The van der Waals surface area contributed by atoms with Crippen molar-refractivity contribution in [2.75, 3.05) is 31.1 Å². The Labute approximate surface area is 197 Å². The van der Waals surface area contributed by atoms with E-state index in [1.807, 2.05) is 54.6 Å². The van der Waals surface area contributed by atoms with Gasteiger partial charge in [0.1, 0.15) is 11.9 Å². The van der Waals surface area contributed by atoms with Crippen molar-refractivity contribution in [1.82, 2.24) is 15.1 Å². The maximum Gasteiger partial charge on any atom is 0.247 e. The SMILES string of the molecule is CC(=O)c1ccc(N2CCN(C(c3ccc(F)cc3)c3nnc(-c4ccccc4)o3)CC2)cc1. The summed E-state index contributed by atoms with van der Waals surface area (Å²) in [5, 5.41) is 8.65. The molecule has 0 radical (unpaired) electrons. The van der Waals surface area contributed by atoms with Gasteiger partial charge in [-0.05, 0) is 61.0 Å². The maximum absolute atomic E-state index is 13.6. The van der Waals surface area contributed by atoms with Crippen molar-refractivity contribution in [3.05, 3.63) is 102 Å². The van der Waals surface area contributed by atoms with Gasteiger partial charge >= 0.3 is 0 Å². The second kappa shape index (κ2) is 9.57. The minimum atomic E-state index is -0.281.